The van der Waals surface area contributed by atoms with E-state index in [1.807, 2.05) is 0 Å². The van der Waals surface area contributed by atoms with Gasteiger partial charge in [0.2, 0.25) is 10.8 Å². The van der Waals surface area contributed by atoms with Gasteiger partial charge in [0.25, 0.3) is 0 Å². The Balaban J connectivity index is 1.85. The second-order valence-electron chi connectivity index (χ2n) is 5.32. The Morgan fingerprint density at radius 1 is 1.26 bits per heavy atom. The van der Waals surface area contributed by atoms with Gasteiger partial charge in [-0.05, 0) is 6.07 Å². The van der Waals surface area contributed by atoms with Crippen LogP contribution in [0.2, 0.25) is 0 Å². The lowest BCUT2D eigenvalue weighted by molar-refractivity contribution is 0.0235. The number of halogens is 1. The first-order chi connectivity index (χ1) is 11.3. The standard InChI is InChI=1S/C15H15FN4O2S/c16-11-4-2-1-3-10(11)12(19-5-7-22-8-6-19)13-14(21)20-15(23-13)17-9-18-20/h1-4,9,12,21H,5-8H2. The van der Waals surface area contributed by atoms with Crippen molar-refractivity contribution in [2.45, 2.75) is 6.04 Å². The average Bonchev–Trinajstić information content (AvgIpc) is 3.15. The SMILES string of the molecule is Oc1c(C(c2ccccc2F)N2CCOCC2)sc2ncnn12. The van der Waals surface area contributed by atoms with Crippen LogP contribution in [-0.4, -0.2) is 50.9 Å². The lowest BCUT2D eigenvalue weighted by Gasteiger charge is -2.34. The molecule has 0 aliphatic carbocycles. The van der Waals surface area contributed by atoms with E-state index in [1.54, 1.807) is 18.2 Å². The highest BCUT2D eigenvalue weighted by Gasteiger charge is 2.31. The first kappa shape index (κ1) is 14.6. The number of thiazole rings is 1. The zero-order valence-corrected chi connectivity index (χ0v) is 13.0. The number of hydrogen-bond donors (Lipinski definition) is 1. The maximum Gasteiger partial charge on any atom is 0.230 e. The maximum absolute atomic E-state index is 14.4. The number of rotatable bonds is 3. The van der Waals surface area contributed by atoms with Crippen molar-refractivity contribution in [2.24, 2.45) is 0 Å². The monoisotopic (exact) mass is 334 g/mol. The fourth-order valence-electron chi connectivity index (χ4n) is 2.91. The largest absolute Gasteiger partial charge is 0.492 e. The third-order valence-electron chi connectivity index (χ3n) is 4.00. The third-order valence-corrected chi connectivity index (χ3v) is 5.08. The Bertz CT molecular complexity index is 828. The van der Waals surface area contributed by atoms with Crippen LogP contribution in [0.1, 0.15) is 16.5 Å². The molecule has 3 heterocycles. The van der Waals surface area contributed by atoms with Crippen LogP contribution in [0.25, 0.3) is 4.96 Å². The predicted octanol–water partition coefficient (Wildman–Crippen LogP) is 2.06. The molecule has 0 saturated carbocycles. The molecule has 1 unspecified atom stereocenters. The fraction of sp³-hybridized carbons (Fsp3) is 0.333. The number of aromatic hydroxyl groups is 1. The van der Waals surface area contributed by atoms with Crippen molar-refractivity contribution >= 4 is 16.3 Å². The fourth-order valence-corrected chi connectivity index (χ4v) is 3.99. The number of fused-ring (bicyclic) bond motifs is 1. The molecule has 6 nitrogen and oxygen atoms in total. The van der Waals surface area contributed by atoms with Crippen LogP contribution in [0.5, 0.6) is 5.88 Å². The number of nitrogens with zero attached hydrogens (tertiary/aromatic N) is 4. The zero-order chi connectivity index (χ0) is 15.8. The lowest BCUT2D eigenvalue weighted by Crippen LogP contribution is -2.39. The number of morpholine rings is 1. The van der Waals surface area contributed by atoms with Crippen LogP contribution in [0, 0.1) is 5.82 Å². The molecule has 3 aromatic rings. The van der Waals surface area contributed by atoms with Crippen LogP contribution in [-0.2, 0) is 4.74 Å². The van der Waals surface area contributed by atoms with Crippen molar-refractivity contribution in [1.29, 1.82) is 0 Å². The van der Waals surface area contributed by atoms with Crippen molar-refractivity contribution in [2.75, 3.05) is 26.3 Å². The smallest absolute Gasteiger partial charge is 0.230 e. The summed E-state index contributed by atoms with van der Waals surface area (Å²) in [5.74, 6) is -0.273. The summed E-state index contributed by atoms with van der Waals surface area (Å²) in [6.45, 7) is 2.52. The molecule has 1 aromatic carbocycles. The van der Waals surface area contributed by atoms with Gasteiger partial charge in [0.05, 0.1) is 24.1 Å². The summed E-state index contributed by atoms with van der Waals surface area (Å²) >= 11 is 1.33. The van der Waals surface area contributed by atoms with E-state index >= 15 is 0 Å². The summed E-state index contributed by atoms with van der Waals surface area (Å²) in [6.07, 6.45) is 1.39. The molecule has 2 aromatic heterocycles. The molecule has 0 spiro atoms. The quantitative estimate of drug-likeness (QED) is 0.794. The zero-order valence-electron chi connectivity index (χ0n) is 12.2. The maximum atomic E-state index is 14.4. The Morgan fingerprint density at radius 2 is 2.04 bits per heavy atom. The van der Waals surface area contributed by atoms with Crippen molar-refractivity contribution in [3.8, 4) is 5.88 Å². The van der Waals surface area contributed by atoms with E-state index in [1.165, 1.54) is 28.2 Å². The van der Waals surface area contributed by atoms with Crippen LogP contribution >= 0.6 is 11.3 Å². The molecule has 1 N–H and O–H groups in total. The second-order valence-corrected chi connectivity index (χ2v) is 6.33. The molecule has 23 heavy (non-hydrogen) atoms. The van der Waals surface area contributed by atoms with Crippen molar-refractivity contribution < 1.29 is 14.2 Å². The first-order valence-electron chi connectivity index (χ1n) is 7.33. The summed E-state index contributed by atoms with van der Waals surface area (Å²) in [5.41, 5.74) is 0.536. The highest BCUT2D eigenvalue weighted by molar-refractivity contribution is 7.17. The van der Waals surface area contributed by atoms with E-state index in [4.69, 9.17) is 4.74 Å². The molecule has 4 rings (SSSR count). The second kappa shape index (κ2) is 5.88. The van der Waals surface area contributed by atoms with Gasteiger partial charge in [0.1, 0.15) is 12.1 Å². The van der Waals surface area contributed by atoms with Gasteiger partial charge in [-0.3, -0.25) is 4.90 Å². The minimum absolute atomic E-state index is 0.0160. The van der Waals surface area contributed by atoms with E-state index in [0.717, 1.165) is 0 Å². The van der Waals surface area contributed by atoms with Gasteiger partial charge in [-0.25, -0.2) is 9.37 Å². The van der Waals surface area contributed by atoms with Crippen molar-refractivity contribution in [3.05, 3.63) is 46.9 Å². The minimum atomic E-state index is -0.381. The van der Waals surface area contributed by atoms with Gasteiger partial charge in [-0.2, -0.15) is 9.61 Å². The molecule has 0 amide bonds. The van der Waals surface area contributed by atoms with Crippen LogP contribution in [0.4, 0.5) is 4.39 Å². The first-order valence-corrected chi connectivity index (χ1v) is 8.15. The van der Waals surface area contributed by atoms with Gasteiger partial charge >= 0.3 is 0 Å². The molecule has 120 valence electrons. The highest BCUT2D eigenvalue weighted by Crippen LogP contribution is 2.40. The topological polar surface area (TPSA) is 62.9 Å². The molecule has 0 bridgehead atoms. The van der Waals surface area contributed by atoms with Crippen molar-refractivity contribution in [3.63, 3.8) is 0 Å². The van der Waals surface area contributed by atoms with Gasteiger partial charge in [0, 0.05) is 18.7 Å². The highest BCUT2D eigenvalue weighted by atomic mass is 32.1. The molecule has 8 heteroatoms. The molecule has 1 saturated heterocycles. The van der Waals surface area contributed by atoms with E-state index < -0.39 is 0 Å². The lowest BCUT2D eigenvalue weighted by atomic mass is 10.0. The van der Waals surface area contributed by atoms with Gasteiger partial charge < -0.3 is 9.84 Å². The van der Waals surface area contributed by atoms with E-state index in [-0.39, 0.29) is 17.7 Å². The molecule has 1 aliphatic rings. The molecular formula is C15H15FN4O2S. The Labute approximate surface area is 135 Å². The molecule has 0 radical (unpaired) electrons. The third kappa shape index (κ3) is 2.48. The Morgan fingerprint density at radius 3 is 2.78 bits per heavy atom. The normalized spacial score (nSPS) is 17.6. The number of hydrogen-bond acceptors (Lipinski definition) is 6. The summed E-state index contributed by atoms with van der Waals surface area (Å²) in [4.78, 5) is 7.47. The van der Waals surface area contributed by atoms with Gasteiger partial charge in [-0.1, -0.05) is 29.5 Å². The minimum Gasteiger partial charge on any atom is -0.492 e. The molecule has 1 atom stereocenters. The average molecular weight is 334 g/mol. The van der Waals surface area contributed by atoms with Crippen LogP contribution in [0.3, 0.4) is 0 Å². The summed E-state index contributed by atoms with van der Waals surface area (Å²) in [5, 5.41) is 14.5. The van der Waals surface area contributed by atoms with E-state index in [2.05, 4.69) is 15.0 Å². The number of benzene rings is 1. The Hall–Kier alpha value is -2.03. The molecule has 1 fully saturated rings. The van der Waals surface area contributed by atoms with Crippen molar-refractivity contribution in [1.82, 2.24) is 19.5 Å². The van der Waals surface area contributed by atoms with Gasteiger partial charge in [0.15, 0.2) is 0 Å². The van der Waals surface area contributed by atoms with Crippen LogP contribution in [0.15, 0.2) is 30.6 Å². The van der Waals surface area contributed by atoms with E-state index in [0.29, 0.717) is 41.7 Å². The summed E-state index contributed by atoms with van der Waals surface area (Å²) in [7, 11) is 0. The van der Waals surface area contributed by atoms with Gasteiger partial charge in [-0.15, -0.1) is 0 Å². The Kier molecular flexibility index (Phi) is 3.72. The van der Waals surface area contributed by atoms with Crippen LogP contribution < -0.4 is 0 Å². The molecule has 1 aliphatic heterocycles. The summed E-state index contributed by atoms with van der Waals surface area (Å²) < 4.78 is 21.2. The number of ether oxygens (including phenoxy) is 1. The molecular weight excluding hydrogens is 319 g/mol. The van der Waals surface area contributed by atoms with E-state index in [9.17, 15) is 9.50 Å². The summed E-state index contributed by atoms with van der Waals surface area (Å²) in [6, 6.07) is 6.29. The predicted molar refractivity (Wildman–Crippen MR) is 83.2 cm³/mol. The number of aromatic nitrogens is 3.